The van der Waals surface area contributed by atoms with Crippen LogP contribution < -0.4 is 5.32 Å². The van der Waals surface area contributed by atoms with E-state index in [1.165, 1.54) is 52.1 Å². The van der Waals surface area contributed by atoms with Crippen LogP contribution in [0.4, 0.5) is 0 Å². The van der Waals surface area contributed by atoms with Gasteiger partial charge < -0.3 is 10.2 Å². The average Bonchev–Trinajstić information content (AvgIpc) is 2.60. The molecule has 0 aromatic rings. The molecule has 1 atom stereocenters. The fourth-order valence-electron chi connectivity index (χ4n) is 3.26. The van der Waals surface area contributed by atoms with E-state index in [9.17, 15) is 0 Å². The molecule has 2 rings (SSSR count). The first-order valence-electron chi connectivity index (χ1n) is 6.85. The van der Waals surface area contributed by atoms with Gasteiger partial charge in [0.25, 0.3) is 0 Å². The summed E-state index contributed by atoms with van der Waals surface area (Å²) in [6.07, 6.45) is 2.61. The second-order valence-electron chi connectivity index (χ2n) is 5.83. The molecule has 94 valence electrons. The van der Waals surface area contributed by atoms with E-state index in [1.807, 2.05) is 0 Å². The van der Waals surface area contributed by atoms with Crippen LogP contribution in [-0.2, 0) is 0 Å². The average molecular weight is 225 g/mol. The molecule has 2 aliphatic rings. The smallest absolute Gasteiger partial charge is 0.0285 e. The van der Waals surface area contributed by atoms with Gasteiger partial charge in [0.1, 0.15) is 0 Å². The van der Waals surface area contributed by atoms with Crippen molar-refractivity contribution in [3.8, 4) is 0 Å². The fraction of sp³-hybridized carbons (Fsp3) is 1.00. The topological polar surface area (TPSA) is 18.5 Å². The first kappa shape index (κ1) is 12.3. The van der Waals surface area contributed by atoms with Crippen molar-refractivity contribution in [2.75, 3.05) is 39.3 Å². The zero-order chi connectivity index (χ0) is 11.6. The maximum absolute atomic E-state index is 3.62. The summed E-state index contributed by atoms with van der Waals surface area (Å²) in [5.74, 6) is 0. The molecule has 3 heteroatoms. The maximum Gasteiger partial charge on any atom is 0.0285 e. The summed E-state index contributed by atoms with van der Waals surface area (Å²) in [4.78, 5) is 5.30. The number of nitrogens with one attached hydrogen (secondary N) is 1. The Hall–Kier alpha value is -0.120. The van der Waals surface area contributed by atoms with E-state index >= 15 is 0 Å². The van der Waals surface area contributed by atoms with Crippen LogP contribution in [0.5, 0.6) is 0 Å². The molecule has 0 spiro atoms. The lowest BCUT2D eigenvalue weighted by molar-refractivity contribution is 0.0740. The Labute approximate surface area is 100 Å². The highest BCUT2D eigenvalue weighted by atomic mass is 15.3. The Morgan fingerprint density at radius 1 is 1.19 bits per heavy atom. The van der Waals surface area contributed by atoms with Crippen LogP contribution in [0, 0.1) is 0 Å². The van der Waals surface area contributed by atoms with Gasteiger partial charge in [0.2, 0.25) is 0 Å². The zero-order valence-electron chi connectivity index (χ0n) is 11.1. The van der Waals surface area contributed by atoms with Gasteiger partial charge in [-0.2, -0.15) is 0 Å². The van der Waals surface area contributed by atoms with Gasteiger partial charge >= 0.3 is 0 Å². The minimum Gasteiger partial charge on any atom is -0.310 e. The van der Waals surface area contributed by atoms with Gasteiger partial charge in [-0.15, -0.1) is 0 Å². The molecule has 2 saturated heterocycles. The molecule has 0 aliphatic carbocycles. The molecule has 2 heterocycles. The molecule has 0 aromatic heterocycles. The van der Waals surface area contributed by atoms with Crippen LogP contribution in [0.15, 0.2) is 0 Å². The summed E-state index contributed by atoms with van der Waals surface area (Å²) >= 11 is 0. The number of rotatable bonds is 3. The minimum absolute atomic E-state index is 0.312. The highest BCUT2D eigenvalue weighted by Crippen LogP contribution is 2.25. The summed E-state index contributed by atoms with van der Waals surface area (Å²) in [7, 11) is 0. The molecule has 0 radical (unpaired) electrons. The third-order valence-corrected chi connectivity index (χ3v) is 4.22. The number of hydrogen-bond acceptors (Lipinski definition) is 3. The van der Waals surface area contributed by atoms with Crippen LogP contribution in [-0.4, -0.2) is 60.6 Å². The molecule has 1 N–H and O–H groups in total. The molecule has 16 heavy (non-hydrogen) atoms. The SMILES string of the molecule is CCCN1CCN(C2CCNC2(C)C)CC1. The molecule has 0 aromatic carbocycles. The van der Waals surface area contributed by atoms with Crippen LogP contribution in [0.25, 0.3) is 0 Å². The van der Waals surface area contributed by atoms with Gasteiger partial charge in [0, 0.05) is 37.8 Å². The Morgan fingerprint density at radius 2 is 1.88 bits per heavy atom. The largest absolute Gasteiger partial charge is 0.310 e. The van der Waals surface area contributed by atoms with E-state index in [4.69, 9.17) is 0 Å². The Bertz CT molecular complexity index is 219. The van der Waals surface area contributed by atoms with E-state index < -0.39 is 0 Å². The van der Waals surface area contributed by atoms with Gasteiger partial charge in [-0.1, -0.05) is 6.92 Å². The molecular weight excluding hydrogens is 198 g/mol. The van der Waals surface area contributed by atoms with Crippen LogP contribution in [0.1, 0.15) is 33.6 Å². The van der Waals surface area contributed by atoms with Crippen molar-refractivity contribution in [3.63, 3.8) is 0 Å². The second kappa shape index (κ2) is 5.03. The van der Waals surface area contributed by atoms with Crippen molar-refractivity contribution in [1.82, 2.24) is 15.1 Å². The Balaban J connectivity index is 1.84. The van der Waals surface area contributed by atoms with E-state index in [0.29, 0.717) is 5.54 Å². The predicted octanol–water partition coefficient (Wildman–Crippen LogP) is 1.15. The summed E-state index contributed by atoms with van der Waals surface area (Å²) in [5, 5.41) is 3.62. The van der Waals surface area contributed by atoms with Gasteiger partial charge in [-0.25, -0.2) is 0 Å². The normalized spacial score (nSPS) is 32.1. The first-order chi connectivity index (χ1) is 7.63. The van der Waals surface area contributed by atoms with Crippen LogP contribution in [0.3, 0.4) is 0 Å². The first-order valence-corrected chi connectivity index (χ1v) is 6.85. The van der Waals surface area contributed by atoms with E-state index in [2.05, 4.69) is 35.9 Å². The van der Waals surface area contributed by atoms with Crippen LogP contribution in [0.2, 0.25) is 0 Å². The van der Waals surface area contributed by atoms with Gasteiger partial charge in [0.05, 0.1) is 0 Å². The van der Waals surface area contributed by atoms with Crippen molar-refractivity contribution in [3.05, 3.63) is 0 Å². The standard InChI is InChI=1S/C13H27N3/c1-4-7-15-8-10-16(11-9-15)12-5-6-14-13(12,2)3/h12,14H,4-11H2,1-3H3. The Kier molecular flexibility index (Phi) is 3.88. The monoisotopic (exact) mass is 225 g/mol. The molecule has 3 nitrogen and oxygen atoms in total. The van der Waals surface area contributed by atoms with Gasteiger partial charge in [-0.05, 0) is 39.8 Å². The van der Waals surface area contributed by atoms with Crippen molar-refractivity contribution < 1.29 is 0 Å². The van der Waals surface area contributed by atoms with E-state index in [1.54, 1.807) is 0 Å². The van der Waals surface area contributed by atoms with Crippen molar-refractivity contribution in [2.45, 2.75) is 45.2 Å². The van der Waals surface area contributed by atoms with Crippen LogP contribution >= 0.6 is 0 Å². The lowest BCUT2D eigenvalue weighted by Gasteiger charge is -2.42. The van der Waals surface area contributed by atoms with Crippen molar-refractivity contribution in [1.29, 1.82) is 0 Å². The lowest BCUT2D eigenvalue weighted by atomic mass is 9.95. The molecule has 2 fully saturated rings. The highest BCUT2D eigenvalue weighted by Gasteiger charge is 2.38. The Morgan fingerprint density at radius 3 is 2.38 bits per heavy atom. The van der Waals surface area contributed by atoms with Crippen molar-refractivity contribution >= 4 is 0 Å². The third-order valence-electron chi connectivity index (χ3n) is 4.22. The highest BCUT2D eigenvalue weighted by molar-refractivity contribution is 4.99. The van der Waals surface area contributed by atoms with E-state index in [0.717, 1.165) is 6.04 Å². The molecule has 0 saturated carbocycles. The molecule has 0 bridgehead atoms. The zero-order valence-corrected chi connectivity index (χ0v) is 11.1. The summed E-state index contributed by atoms with van der Waals surface area (Å²) in [6.45, 7) is 14.5. The summed E-state index contributed by atoms with van der Waals surface area (Å²) in [6, 6.07) is 0.747. The minimum atomic E-state index is 0.312. The molecule has 0 amide bonds. The van der Waals surface area contributed by atoms with Gasteiger partial charge in [-0.3, -0.25) is 4.90 Å². The summed E-state index contributed by atoms with van der Waals surface area (Å²) in [5.41, 5.74) is 0.312. The molecular formula is C13H27N3. The number of piperazine rings is 1. The fourth-order valence-corrected chi connectivity index (χ4v) is 3.26. The predicted molar refractivity (Wildman–Crippen MR) is 68.8 cm³/mol. The van der Waals surface area contributed by atoms with Crippen molar-refractivity contribution in [2.24, 2.45) is 0 Å². The quantitative estimate of drug-likeness (QED) is 0.777. The summed E-state index contributed by atoms with van der Waals surface area (Å²) < 4.78 is 0. The number of nitrogens with zero attached hydrogens (tertiary/aromatic N) is 2. The van der Waals surface area contributed by atoms with Gasteiger partial charge in [0.15, 0.2) is 0 Å². The maximum atomic E-state index is 3.62. The van der Waals surface area contributed by atoms with E-state index in [-0.39, 0.29) is 0 Å². The molecule has 1 unspecified atom stereocenters. The molecule has 2 aliphatic heterocycles. The second-order valence-corrected chi connectivity index (χ2v) is 5.83. The number of hydrogen-bond donors (Lipinski definition) is 1. The third kappa shape index (κ3) is 2.58. The lowest BCUT2D eigenvalue weighted by Crippen LogP contribution is -2.57.